The Morgan fingerprint density at radius 1 is 1.19 bits per heavy atom. The molecule has 6 nitrogen and oxygen atoms in total. The van der Waals surface area contributed by atoms with Crippen LogP contribution in [0.15, 0.2) is 52.1 Å². The van der Waals surface area contributed by atoms with Crippen LogP contribution in [0.1, 0.15) is 10.4 Å². The lowest BCUT2D eigenvalue weighted by molar-refractivity contribution is 0.0963. The quantitative estimate of drug-likeness (QED) is 0.862. The number of carbonyl (C=O) groups is 1. The number of pyridine rings is 1. The Bertz CT molecular complexity index is 760. The van der Waals surface area contributed by atoms with E-state index in [0.717, 1.165) is 0 Å². The van der Waals surface area contributed by atoms with E-state index in [1.54, 1.807) is 0 Å². The van der Waals surface area contributed by atoms with Gasteiger partial charge in [0, 0.05) is 35.2 Å². The molecule has 0 fully saturated rings. The molecule has 1 heterocycles. The van der Waals surface area contributed by atoms with Gasteiger partial charge in [-0.2, -0.15) is 0 Å². The summed E-state index contributed by atoms with van der Waals surface area (Å²) in [5, 5.41) is 2.49. The Morgan fingerprint density at radius 2 is 1.86 bits per heavy atom. The third-order valence-electron chi connectivity index (χ3n) is 2.62. The van der Waals surface area contributed by atoms with Crippen molar-refractivity contribution in [1.29, 1.82) is 0 Å². The molecule has 1 aromatic carbocycles. The number of aromatic nitrogens is 1. The van der Waals surface area contributed by atoms with Crippen molar-refractivity contribution in [1.82, 2.24) is 10.3 Å². The summed E-state index contributed by atoms with van der Waals surface area (Å²) in [6, 6.07) is 7.57. The summed E-state index contributed by atoms with van der Waals surface area (Å²) in [5.74, 6) is -0.236. The molecule has 0 unspecified atom stereocenters. The van der Waals surface area contributed by atoms with E-state index in [2.05, 4.69) is 31.0 Å². The highest BCUT2D eigenvalue weighted by atomic mass is 79.9. The number of anilines is 1. The molecule has 110 valence electrons. The van der Waals surface area contributed by atoms with Crippen LogP contribution in [0.3, 0.4) is 0 Å². The molecule has 0 atom stereocenters. The van der Waals surface area contributed by atoms with Crippen LogP contribution in [-0.2, 0) is 10.0 Å². The molecule has 0 aliphatic carbocycles. The van der Waals surface area contributed by atoms with Crippen molar-refractivity contribution in [2.24, 2.45) is 0 Å². The van der Waals surface area contributed by atoms with Gasteiger partial charge in [0.25, 0.3) is 15.9 Å². The smallest absolute Gasteiger partial charge is 0.263 e. The molecule has 8 heteroatoms. The van der Waals surface area contributed by atoms with Crippen LogP contribution in [0.4, 0.5) is 5.69 Å². The van der Waals surface area contributed by atoms with Gasteiger partial charge in [0.05, 0.1) is 0 Å². The molecule has 0 bridgehead atoms. The van der Waals surface area contributed by atoms with Gasteiger partial charge in [0.1, 0.15) is 4.90 Å². The van der Waals surface area contributed by atoms with Crippen LogP contribution < -0.4 is 10.0 Å². The molecule has 0 saturated carbocycles. The lowest BCUT2D eigenvalue weighted by atomic mass is 10.2. The zero-order chi connectivity index (χ0) is 15.5. The first-order valence-corrected chi connectivity index (χ1v) is 8.15. The Hall–Kier alpha value is -1.93. The maximum Gasteiger partial charge on any atom is 0.263 e. The summed E-state index contributed by atoms with van der Waals surface area (Å²) in [6.45, 7) is 0. The first-order chi connectivity index (χ1) is 9.92. The average Bonchev–Trinajstić information content (AvgIpc) is 2.47. The van der Waals surface area contributed by atoms with Gasteiger partial charge in [-0.25, -0.2) is 8.42 Å². The van der Waals surface area contributed by atoms with Gasteiger partial charge in [-0.3, -0.25) is 14.5 Å². The first kappa shape index (κ1) is 15.5. The van der Waals surface area contributed by atoms with E-state index >= 15 is 0 Å². The largest absolute Gasteiger partial charge is 0.355 e. The number of hydrogen-bond donors (Lipinski definition) is 2. The van der Waals surface area contributed by atoms with Gasteiger partial charge in [0.15, 0.2) is 0 Å². The molecule has 0 aliphatic rings. The maximum absolute atomic E-state index is 12.2. The van der Waals surface area contributed by atoms with E-state index in [0.29, 0.717) is 15.7 Å². The summed E-state index contributed by atoms with van der Waals surface area (Å²) in [7, 11) is -2.19. The maximum atomic E-state index is 12.2. The lowest BCUT2D eigenvalue weighted by Gasteiger charge is -2.08. The topological polar surface area (TPSA) is 88.2 Å². The molecule has 0 saturated heterocycles. The average molecular weight is 370 g/mol. The third kappa shape index (κ3) is 3.79. The Labute approximate surface area is 130 Å². The highest BCUT2D eigenvalue weighted by molar-refractivity contribution is 9.10. The molecule has 0 radical (unpaired) electrons. The molecule has 1 amide bonds. The fourth-order valence-corrected chi connectivity index (χ4v) is 3.15. The molecule has 2 aromatic rings. The lowest BCUT2D eigenvalue weighted by Crippen LogP contribution is -2.18. The fraction of sp³-hybridized carbons (Fsp3) is 0.0769. The Kier molecular flexibility index (Phi) is 4.59. The Balaban J connectivity index is 2.23. The molecule has 1 aromatic heterocycles. The van der Waals surface area contributed by atoms with E-state index in [-0.39, 0.29) is 10.8 Å². The van der Waals surface area contributed by atoms with Gasteiger partial charge >= 0.3 is 0 Å². The molecule has 21 heavy (non-hydrogen) atoms. The SMILES string of the molecule is CNC(=O)c1ccc(NS(=O)(=O)c2cncc(Br)c2)cc1. The minimum absolute atomic E-state index is 0.0484. The number of hydrogen-bond acceptors (Lipinski definition) is 4. The number of halogens is 1. The standard InChI is InChI=1S/C13H12BrN3O3S/c1-15-13(18)9-2-4-11(5-3-9)17-21(19,20)12-6-10(14)7-16-8-12/h2-8,17H,1H3,(H,15,18). The van der Waals surface area contributed by atoms with E-state index in [1.165, 1.54) is 49.8 Å². The van der Waals surface area contributed by atoms with Crippen LogP contribution in [0, 0.1) is 0 Å². The van der Waals surface area contributed by atoms with Crippen molar-refractivity contribution < 1.29 is 13.2 Å². The second-order valence-electron chi connectivity index (χ2n) is 4.10. The number of sulfonamides is 1. The molecular weight excluding hydrogens is 358 g/mol. The van der Waals surface area contributed by atoms with Crippen molar-refractivity contribution in [2.75, 3.05) is 11.8 Å². The van der Waals surface area contributed by atoms with E-state index < -0.39 is 10.0 Å². The second kappa shape index (κ2) is 6.23. The van der Waals surface area contributed by atoms with Gasteiger partial charge in [-0.1, -0.05) is 0 Å². The van der Waals surface area contributed by atoms with E-state index in [1.807, 2.05) is 0 Å². The van der Waals surface area contributed by atoms with Crippen LogP contribution in [0.2, 0.25) is 0 Å². The van der Waals surface area contributed by atoms with Crippen LogP contribution in [0.25, 0.3) is 0 Å². The van der Waals surface area contributed by atoms with Crippen LogP contribution >= 0.6 is 15.9 Å². The van der Waals surface area contributed by atoms with Crippen molar-refractivity contribution in [3.63, 3.8) is 0 Å². The highest BCUT2D eigenvalue weighted by Gasteiger charge is 2.15. The summed E-state index contributed by atoms with van der Waals surface area (Å²) in [6.07, 6.45) is 2.75. The molecular formula is C13H12BrN3O3S. The van der Waals surface area contributed by atoms with Crippen LogP contribution in [0.5, 0.6) is 0 Å². The van der Waals surface area contributed by atoms with Gasteiger partial charge in [-0.15, -0.1) is 0 Å². The highest BCUT2D eigenvalue weighted by Crippen LogP contribution is 2.18. The minimum Gasteiger partial charge on any atom is -0.355 e. The predicted molar refractivity (Wildman–Crippen MR) is 82.6 cm³/mol. The monoisotopic (exact) mass is 369 g/mol. The summed E-state index contributed by atoms with van der Waals surface area (Å²) < 4.78 is 27.4. The van der Waals surface area contributed by atoms with E-state index in [4.69, 9.17) is 0 Å². The fourth-order valence-electron chi connectivity index (χ4n) is 1.59. The van der Waals surface area contributed by atoms with Crippen molar-refractivity contribution in [3.05, 3.63) is 52.8 Å². The first-order valence-electron chi connectivity index (χ1n) is 5.88. The Morgan fingerprint density at radius 3 is 2.43 bits per heavy atom. The normalized spacial score (nSPS) is 11.0. The summed E-state index contributed by atoms with van der Waals surface area (Å²) >= 11 is 3.17. The zero-order valence-corrected chi connectivity index (χ0v) is 13.4. The summed E-state index contributed by atoms with van der Waals surface area (Å²) in [4.78, 5) is 15.3. The second-order valence-corrected chi connectivity index (χ2v) is 6.70. The molecule has 0 aliphatic heterocycles. The summed E-state index contributed by atoms with van der Waals surface area (Å²) in [5.41, 5.74) is 0.812. The third-order valence-corrected chi connectivity index (χ3v) is 4.40. The van der Waals surface area contributed by atoms with Crippen LogP contribution in [-0.4, -0.2) is 26.4 Å². The zero-order valence-electron chi connectivity index (χ0n) is 11.0. The van der Waals surface area contributed by atoms with Gasteiger partial charge in [0.2, 0.25) is 0 Å². The minimum atomic E-state index is -3.72. The number of nitrogens with one attached hydrogen (secondary N) is 2. The number of rotatable bonds is 4. The van der Waals surface area contributed by atoms with Gasteiger partial charge in [-0.05, 0) is 46.3 Å². The van der Waals surface area contributed by atoms with Crippen molar-refractivity contribution in [2.45, 2.75) is 4.90 Å². The number of carbonyl (C=O) groups excluding carboxylic acids is 1. The van der Waals surface area contributed by atoms with Gasteiger partial charge < -0.3 is 5.32 Å². The number of amides is 1. The molecule has 2 N–H and O–H groups in total. The van der Waals surface area contributed by atoms with Crippen molar-refractivity contribution >= 4 is 37.5 Å². The number of nitrogens with zero attached hydrogens (tertiary/aromatic N) is 1. The predicted octanol–water partition coefficient (Wildman–Crippen LogP) is 2.00. The van der Waals surface area contributed by atoms with Crippen molar-refractivity contribution in [3.8, 4) is 0 Å². The molecule has 2 rings (SSSR count). The number of benzene rings is 1. The van der Waals surface area contributed by atoms with E-state index in [9.17, 15) is 13.2 Å². The molecule has 0 spiro atoms.